The quantitative estimate of drug-likeness (QED) is 0.767. The summed E-state index contributed by atoms with van der Waals surface area (Å²) < 4.78 is 0. The molecule has 4 aliphatic rings. The van der Waals surface area contributed by atoms with Crippen molar-refractivity contribution in [2.24, 2.45) is 5.92 Å². The molecule has 3 heterocycles. The molecule has 3 aliphatic heterocycles. The maximum atomic E-state index is 13.3. The topological polar surface area (TPSA) is 73.0 Å². The molecule has 1 saturated carbocycles. The number of carbonyl (C=O) groups excluding carboxylic acids is 3. The van der Waals surface area contributed by atoms with E-state index in [0.29, 0.717) is 24.1 Å². The van der Waals surface area contributed by atoms with Crippen molar-refractivity contribution >= 4 is 23.4 Å². The molecule has 172 valence electrons. The number of para-hydroxylation sites is 1. The summed E-state index contributed by atoms with van der Waals surface area (Å²) in [5.74, 6) is 0.558. The van der Waals surface area contributed by atoms with Gasteiger partial charge in [-0.3, -0.25) is 19.3 Å². The largest absolute Gasteiger partial charge is 0.352 e. The summed E-state index contributed by atoms with van der Waals surface area (Å²) in [7, 11) is 0. The minimum absolute atomic E-state index is 0.00694. The fraction of sp³-hybridized carbons (Fsp3) is 0.640. The van der Waals surface area contributed by atoms with Crippen molar-refractivity contribution in [3.8, 4) is 0 Å². The van der Waals surface area contributed by atoms with E-state index in [2.05, 4.69) is 10.2 Å². The summed E-state index contributed by atoms with van der Waals surface area (Å²) in [5, 5.41) is 3.17. The molecule has 3 fully saturated rings. The highest BCUT2D eigenvalue weighted by Crippen LogP contribution is 2.43. The number of nitrogens with zero attached hydrogens (tertiary/aromatic N) is 3. The van der Waals surface area contributed by atoms with Crippen LogP contribution in [0, 0.1) is 5.92 Å². The highest BCUT2D eigenvalue weighted by atomic mass is 16.2. The highest BCUT2D eigenvalue weighted by molar-refractivity contribution is 6.11. The van der Waals surface area contributed by atoms with Gasteiger partial charge in [-0.05, 0) is 57.1 Å². The standard InChI is InChI=1S/C25H34N4O3/c1-25-13-10-23(31)29(25)21-9-5-4-8-20(21)24(32)28(25)17-22(30)26-19-11-14-27(15-12-19)16-18-6-2-3-7-18/h4-5,8-9,18-19H,2-3,6-7,10-17H2,1H3,(H,26,30). The molecular formula is C25H34N4O3. The van der Waals surface area contributed by atoms with Crippen LogP contribution in [0.3, 0.4) is 0 Å². The second kappa shape index (κ2) is 8.50. The zero-order chi connectivity index (χ0) is 22.3. The summed E-state index contributed by atoms with van der Waals surface area (Å²) in [6.45, 7) is 5.13. The van der Waals surface area contributed by atoms with Gasteiger partial charge in [0.15, 0.2) is 0 Å². The van der Waals surface area contributed by atoms with Gasteiger partial charge in [-0.15, -0.1) is 0 Å². The van der Waals surface area contributed by atoms with Gasteiger partial charge in [0.2, 0.25) is 11.8 Å². The molecule has 0 spiro atoms. The summed E-state index contributed by atoms with van der Waals surface area (Å²) in [6, 6.07) is 7.37. The summed E-state index contributed by atoms with van der Waals surface area (Å²) in [4.78, 5) is 44.8. The van der Waals surface area contributed by atoms with Gasteiger partial charge in [-0.25, -0.2) is 0 Å². The fourth-order valence-electron chi connectivity index (χ4n) is 6.18. The van der Waals surface area contributed by atoms with Crippen LogP contribution in [0.2, 0.25) is 0 Å². The first-order valence-corrected chi connectivity index (χ1v) is 12.2. The molecule has 1 N–H and O–H groups in total. The van der Waals surface area contributed by atoms with Crippen molar-refractivity contribution in [1.29, 1.82) is 0 Å². The zero-order valence-electron chi connectivity index (χ0n) is 19.0. The van der Waals surface area contributed by atoms with Crippen molar-refractivity contribution < 1.29 is 14.4 Å². The number of benzene rings is 1. The van der Waals surface area contributed by atoms with Crippen molar-refractivity contribution in [3.63, 3.8) is 0 Å². The molecule has 1 aliphatic carbocycles. The lowest BCUT2D eigenvalue weighted by molar-refractivity contribution is -0.124. The lowest BCUT2D eigenvalue weighted by atomic mass is 9.98. The molecule has 1 unspecified atom stereocenters. The fourth-order valence-corrected chi connectivity index (χ4v) is 6.18. The number of hydrogen-bond donors (Lipinski definition) is 1. The molecule has 32 heavy (non-hydrogen) atoms. The van der Waals surface area contributed by atoms with E-state index in [1.54, 1.807) is 21.9 Å². The van der Waals surface area contributed by atoms with Crippen LogP contribution in [0.5, 0.6) is 0 Å². The average Bonchev–Trinajstić information content (AvgIpc) is 3.40. The van der Waals surface area contributed by atoms with Crippen LogP contribution < -0.4 is 10.2 Å². The summed E-state index contributed by atoms with van der Waals surface area (Å²) in [5.41, 5.74) is 0.367. The van der Waals surface area contributed by atoms with Gasteiger partial charge in [0.1, 0.15) is 12.2 Å². The first-order valence-electron chi connectivity index (χ1n) is 12.2. The number of amides is 3. The second-order valence-corrected chi connectivity index (χ2v) is 10.1. The predicted octanol–water partition coefficient (Wildman–Crippen LogP) is 2.76. The Balaban J connectivity index is 1.22. The van der Waals surface area contributed by atoms with Gasteiger partial charge in [0.25, 0.3) is 5.91 Å². The third-order valence-corrected chi connectivity index (χ3v) is 7.99. The Kier molecular flexibility index (Phi) is 5.70. The number of anilines is 1. The number of fused-ring (bicyclic) bond motifs is 3. The maximum Gasteiger partial charge on any atom is 0.258 e. The molecule has 0 bridgehead atoms. The number of nitrogens with one attached hydrogen (secondary N) is 1. The highest BCUT2D eigenvalue weighted by Gasteiger charge is 2.53. The minimum atomic E-state index is -0.787. The first kappa shape index (κ1) is 21.4. The van der Waals surface area contributed by atoms with Crippen LogP contribution in [0.1, 0.15) is 68.6 Å². The molecule has 7 nitrogen and oxygen atoms in total. The van der Waals surface area contributed by atoms with Gasteiger partial charge in [-0.2, -0.15) is 0 Å². The van der Waals surface area contributed by atoms with E-state index in [1.165, 1.54) is 32.2 Å². The lowest BCUT2D eigenvalue weighted by Crippen LogP contribution is -2.64. The molecular weight excluding hydrogens is 404 g/mol. The average molecular weight is 439 g/mol. The molecule has 0 aromatic heterocycles. The van der Waals surface area contributed by atoms with Gasteiger partial charge >= 0.3 is 0 Å². The van der Waals surface area contributed by atoms with Gasteiger partial charge < -0.3 is 15.1 Å². The second-order valence-electron chi connectivity index (χ2n) is 10.1. The molecule has 1 aromatic carbocycles. The normalized spacial score (nSPS) is 27.0. The maximum absolute atomic E-state index is 13.3. The van der Waals surface area contributed by atoms with E-state index in [9.17, 15) is 14.4 Å². The van der Waals surface area contributed by atoms with Crippen molar-refractivity contribution in [2.75, 3.05) is 31.1 Å². The lowest BCUT2D eigenvalue weighted by Gasteiger charge is -2.48. The Labute approximate surface area is 190 Å². The van der Waals surface area contributed by atoms with E-state index >= 15 is 0 Å². The van der Waals surface area contributed by atoms with Crippen LogP contribution in [0.25, 0.3) is 0 Å². The number of hydrogen-bond acceptors (Lipinski definition) is 4. The van der Waals surface area contributed by atoms with E-state index in [4.69, 9.17) is 0 Å². The number of rotatable bonds is 5. The molecule has 2 saturated heterocycles. The predicted molar refractivity (Wildman–Crippen MR) is 122 cm³/mol. The van der Waals surface area contributed by atoms with Crippen molar-refractivity contribution in [1.82, 2.24) is 15.1 Å². The van der Waals surface area contributed by atoms with E-state index in [0.717, 1.165) is 31.8 Å². The van der Waals surface area contributed by atoms with Crippen LogP contribution in [-0.4, -0.2) is 65.4 Å². The van der Waals surface area contributed by atoms with E-state index in [-0.39, 0.29) is 30.3 Å². The molecule has 1 atom stereocenters. The first-order chi connectivity index (χ1) is 15.5. The van der Waals surface area contributed by atoms with Crippen LogP contribution in [0.4, 0.5) is 5.69 Å². The number of piperidine rings is 1. The Hall–Kier alpha value is -2.41. The smallest absolute Gasteiger partial charge is 0.258 e. The Morgan fingerprint density at radius 3 is 2.56 bits per heavy atom. The van der Waals surface area contributed by atoms with Crippen LogP contribution in [-0.2, 0) is 9.59 Å². The minimum Gasteiger partial charge on any atom is -0.352 e. The molecule has 7 heteroatoms. The molecule has 1 aromatic rings. The van der Waals surface area contributed by atoms with E-state index < -0.39 is 5.66 Å². The van der Waals surface area contributed by atoms with Crippen LogP contribution >= 0.6 is 0 Å². The van der Waals surface area contributed by atoms with Crippen molar-refractivity contribution in [2.45, 2.75) is 70.0 Å². The summed E-state index contributed by atoms with van der Waals surface area (Å²) in [6.07, 6.45) is 8.31. The Morgan fingerprint density at radius 1 is 1.09 bits per heavy atom. The Bertz CT molecular complexity index is 904. The van der Waals surface area contributed by atoms with Crippen molar-refractivity contribution in [3.05, 3.63) is 29.8 Å². The number of carbonyl (C=O) groups is 3. The molecule has 0 radical (unpaired) electrons. The Morgan fingerprint density at radius 2 is 1.81 bits per heavy atom. The zero-order valence-corrected chi connectivity index (χ0v) is 19.0. The molecule has 5 rings (SSSR count). The third-order valence-electron chi connectivity index (χ3n) is 7.99. The molecule has 3 amide bonds. The van der Waals surface area contributed by atoms with Gasteiger partial charge in [0.05, 0.1) is 11.3 Å². The van der Waals surface area contributed by atoms with Gasteiger partial charge in [0, 0.05) is 32.1 Å². The summed E-state index contributed by atoms with van der Waals surface area (Å²) >= 11 is 0. The van der Waals surface area contributed by atoms with E-state index in [1.807, 2.05) is 19.1 Å². The van der Waals surface area contributed by atoms with Gasteiger partial charge in [-0.1, -0.05) is 25.0 Å². The third kappa shape index (κ3) is 3.81. The number of likely N-dealkylation sites (tertiary alicyclic amines) is 1. The SMILES string of the molecule is CC12CCC(=O)N1c1ccccc1C(=O)N2CC(=O)NC1CCN(CC2CCCC2)CC1. The monoisotopic (exact) mass is 438 g/mol. The van der Waals surface area contributed by atoms with Crippen LogP contribution in [0.15, 0.2) is 24.3 Å².